The van der Waals surface area contributed by atoms with Crippen molar-refractivity contribution in [1.82, 2.24) is 10.2 Å². The van der Waals surface area contributed by atoms with Gasteiger partial charge in [0.15, 0.2) is 0 Å². The van der Waals surface area contributed by atoms with Crippen LogP contribution in [0.5, 0.6) is 0 Å². The van der Waals surface area contributed by atoms with Crippen molar-refractivity contribution >= 4 is 23.2 Å². The normalized spacial score (nSPS) is 19.5. The average molecular weight is 389 g/mol. The lowest BCUT2D eigenvalue weighted by Gasteiger charge is -2.18. The number of carbonyl (C=O) groups excluding carboxylic acids is 2. The van der Waals surface area contributed by atoms with Gasteiger partial charge in [-0.05, 0) is 41.5 Å². The van der Waals surface area contributed by atoms with E-state index in [4.69, 9.17) is 0 Å². The molecule has 1 aromatic carbocycles. The number of benzene rings is 1. The summed E-state index contributed by atoms with van der Waals surface area (Å²) in [6, 6.07) is 9.99. The number of nitrogens with zero attached hydrogens (tertiary/aromatic N) is 1. The molecule has 2 aromatic rings. The molecule has 1 aliphatic rings. The number of hydrogen-bond donors (Lipinski definition) is 1. The summed E-state index contributed by atoms with van der Waals surface area (Å²) in [5.74, 6) is -0.527. The molecule has 0 aliphatic carbocycles. The predicted octanol–water partition coefficient (Wildman–Crippen LogP) is 3.91. The van der Waals surface area contributed by atoms with Crippen molar-refractivity contribution in [3.05, 3.63) is 58.0 Å². The van der Waals surface area contributed by atoms with Gasteiger partial charge in [-0.2, -0.15) is 0 Å². The second kappa shape index (κ2) is 8.65. The van der Waals surface area contributed by atoms with Gasteiger partial charge < -0.3 is 10.2 Å². The number of likely N-dealkylation sites (tertiary alicyclic amines) is 1. The zero-order valence-electron chi connectivity index (χ0n) is 15.7. The molecule has 0 unspecified atom stereocenters. The van der Waals surface area contributed by atoms with Crippen LogP contribution in [-0.2, 0) is 4.79 Å². The number of halogens is 1. The number of thiophene rings is 1. The van der Waals surface area contributed by atoms with Gasteiger partial charge in [-0.3, -0.25) is 9.59 Å². The van der Waals surface area contributed by atoms with Crippen molar-refractivity contribution in [2.45, 2.75) is 26.2 Å². The summed E-state index contributed by atoms with van der Waals surface area (Å²) < 4.78 is 13.7. The van der Waals surface area contributed by atoms with Gasteiger partial charge in [0, 0.05) is 25.6 Å². The van der Waals surface area contributed by atoms with E-state index in [-0.39, 0.29) is 29.5 Å². The molecule has 2 heterocycles. The van der Waals surface area contributed by atoms with Crippen LogP contribution in [-0.4, -0.2) is 36.3 Å². The van der Waals surface area contributed by atoms with E-state index in [1.807, 2.05) is 17.5 Å². The van der Waals surface area contributed by atoms with Gasteiger partial charge in [0.2, 0.25) is 5.91 Å². The van der Waals surface area contributed by atoms with E-state index in [1.54, 1.807) is 17.0 Å². The van der Waals surface area contributed by atoms with Crippen molar-refractivity contribution in [2.24, 2.45) is 11.8 Å². The first kappa shape index (κ1) is 19.5. The highest BCUT2D eigenvalue weighted by Gasteiger charge is 2.40. The van der Waals surface area contributed by atoms with Gasteiger partial charge >= 0.3 is 0 Å². The van der Waals surface area contributed by atoms with Crippen molar-refractivity contribution in [3.63, 3.8) is 0 Å². The Morgan fingerprint density at radius 3 is 2.74 bits per heavy atom. The van der Waals surface area contributed by atoms with Gasteiger partial charge in [0.05, 0.1) is 10.8 Å². The van der Waals surface area contributed by atoms with Crippen LogP contribution in [0.15, 0.2) is 41.8 Å². The van der Waals surface area contributed by atoms with Gasteiger partial charge in [0.1, 0.15) is 5.82 Å². The standard InChI is InChI=1S/C21H25FN2O2S/c1-14(2)8-9-23-20(25)18-13-24(21(26)19-7-4-10-27-19)12-17(18)15-5-3-6-16(22)11-15/h3-7,10-11,14,17-18H,8-9,12-13H2,1-2H3,(H,23,25)/t17-,18+/m0/s1. The van der Waals surface area contributed by atoms with E-state index >= 15 is 0 Å². The molecule has 2 amide bonds. The fourth-order valence-corrected chi connectivity index (χ4v) is 4.17. The zero-order chi connectivity index (χ0) is 19.4. The quantitative estimate of drug-likeness (QED) is 0.816. The Kier molecular flexibility index (Phi) is 6.26. The molecule has 4 nitrogen and oxygen atoms in total. The average Bonchev–Trinajstić information content (AvgIpc) is 3.31. The smallest absolute Gasteiger partial charge is 0.263 e. The van der Waals surface area contributed by atoms with Crippen LogP contribution in [0.25, 0.3) is 0 Å². The molecule has 1 fully saturated rings. The predicted molar refractivity (Wildman–Crippen MR) is 105 cm³/mol. The highest BCUT2D eigenvalue weighted by Crippen LogP contribution is 2.34. The molecule has 0 radical (unpaired) electrons. The molecule has 2 atom stereocenters. The van der Waals surface area contributed by atoms with Gasteiger partial charge in [0.25, 0.3) is 5.91 Å². The van der Waals surface area contributed by atoms with Crippen LogP contribution in [0.3, 0.4) is 0 Å². The van der Waals surface area contributed by atoms with Crippen LogP contribution >= 0.6 is 11.3 Å². The molecule has 3 rings (SSSR count). The van der Waals surface area contributed by atoms with E-state index in [0.717, 1.165) is 12.0 Å². The molecule has 6 heteroatoms. The molecule has 1 aromatic heterocycles. The van der Waals surface area contributed by atoms with E-state index in [2.05, 4.69) is 19.2 Å². The minimum absolute atomic E-state index is 0.0635. The maximum absolute atomic E-state index is 13.7. The number of nitrogens with one attached hydrogen (secondary N) is 1. The molecule has 1 N–H and O–H groups in total. The first-order chi connectivity index (χ1) is 13.0. The lowest BCUT2D eigenvalue weighted by molar-refractivity contribution is -0.124. The molecule has 1 aliphatic heterocycles. The minimum Gasteiger partial charge on any atom is -0.356 e. The van der Waals surface area contributed by atoms with Crippen LogP contribution < -0.4 is 5.32 Å². The second-order valence-corrected chi connectivity index (χ2v) is 8.38. The summed E-state index contributed by atoms with van der Waals surface area (Å²) in [6.07, 6.45) is 0.904. The number of rotatable bonds is 6. The third kappa shape index (κ3) is 4.75. The number of amides is 2. The van der Waals surface area contributed by atoms with Gasteiger partial charge in [-0.25, -0.2) is 4.39 Å². The lowest BCUT2D eigenvalue weighted by Crippen LogP contribution is -2.36. The Morgan fingerprint density at radius 1 is 1.26 bits per heavy atom. The molecule has 0 spiro atoms. The monoisotopic (exact) mass is 388 g/mol. The summed E-state index contributed by atoms with van der Waals surface area (Å²) in [5, 5.41) is 4.86. The summed E-state index contributed by atoms with van der Waals surface area (Å²) in [4.78, 5) is 27.9. The Hall–Kier alpha value is -2.21. The van der Waals surface area contributed by atoms with E-state index in [0.29, 0.717) is 30.4 Å². The third-order valence-corrected chi connectivity index (χ3v) is 5.83. The molecule has 1 saturated heterocycles. The number of carbonyl (C=O) groups is 2. The summed E-state index contributed by atoms with van der Waals surface area (Å²) in [7, 11) is 0. The highest BCUT2D eigenvalue weighted by atomic mass is 32.1. The van der Waals surface area contributed by atoms with Crippen LogP contribution in [0, 0.1) is 17.7 Å². The van der Waals surface area contributed by atoms with Crippen molar-refractivity contribution in [2.75, 3.05) is 19.6 Å². The number of hydrogen-bond acceptors (Lipinski definition) is 3. The summed E-state index contributed by atoms with van der Waals surface area (Å²) >= 11 is 1.39. The summed E-state index contributed by atoms with van der Waals surface area (Å²) in [5.41, 5.74) is 0.764. The fourth-order valence-electron chi connectivity index (χ4n) is 3.48. The maximum Gasteiger partial charge on any atom is 0.263 e. The van der Waals surface area contributed by atoms with E-state index < -0.39 is 0 Å². The molecule has 0 bridgehead atoms. The lowest BCUT2D eigenvalue weighted by atomic mass is 9.88. The van der Waals surface area contributed by atoms with Crippen molar-refractivity contribution in [3.8, 4) is 0 Å². The van der Waals surface area contributed by atoms with Gasteiger partial charge in [-0.1, -0.05) is 32.0 Å². The topological polar surface area (TPSA) is 49.4 Å². The Bertz CT molecular complexity index is 791. The summed E-state index contributed by atoms with van der Waals surface area (Å²) in [6.45, 7) is 5.60. The third-order valence-electron chi connectivity index (χ3n) is 4.97. The fraction of sp³-hybridized carbons (Fsp3) is 0.429. The molecule has 144 valence electrons. The Morgan fingerprint density at radius 2 is 2.07 bits per heavy atom. The van der Waals surface area contributed by atoms with E-state index in [1.165, 1.54) is 23.5 Å². The van der Waals surface area contributed by atoms with Crippen LogP contribution in [0.4, 0.5) is 4.39 Å². The molecular weight excluding hydrogens is 363 g/mol. The molecule has 27 heavy (non-hydrogen) atoms. The minimum atomic E-state index is -0.372. The van der Waals surface area contributed by atoms with Crippen LogP contribution in [0.1, 0.15) is 41.4 Å². The van der Waals surface area contributed by atoms with E-state index in [9.17, 15) is 14.0 Å². The van der Waals surface area contributed by atoms with Crippen molar-refractivity contribution in [1.29, 1.82) is 0 Å². The first-order valence-corrected chi connectivity index (χ1v) is 10.2. The largest absolute Gasteiger partial charge is 0.356 e. The first-order valence-electron chi connectivity index (χ1n) is 9.31. The Labute approximate surface area is 163 Å². The Balaban J connectivity index is 1.78. The SMILES string of the molecule is CC(C)CCNC(=O)[C@@H]1CN(C(=O)c2cccs2)C[C@H]1c1cccc(F)c1. The van der Waals surface area contributed by atoms with Gasteiger partial charge in [-0.15, -0.1) is 11.3 Å². The molecular formula is C21H25FN2O2S. The molecule has 0 saturated carbocycles. The zero-order valence-corrected chi connectivity index (χ0v) is 16.5. The van der Waals surface area contributed by atoms with Crippen LogP contribution in [0.2, 0.25) is 0 Å². The van der Waals surface area contributed by atoms with Crippen molar-refractivity contribution < 1.29 is 14.0 Å². The maximum atomic E-state index is 13.7. The highest BCUT2D eigenvalue weighted by molar-refractivity contribution is 7.12. The second-order valence-electron chi connectivity index (χ2n) is 7.43.